The minimum atomic E-state index is -4.42. The Hall–Kier alpha value is -2.52. The molecule has 140 valence electrons. The third-order valence-electron chi connectivity index (χ3n) is 3.34. The molecule has 0 aliphatic rings. The number of carboxylic acids is 1. The summed E-state index contributed by atoms with van der Waals surface area (Å²) in [6.07, 6.45) is -3.14. The number of anilines is 1. The smallest absolute Gasteiger partial charge is 0.417 e. The highest BCUT2D eigenvalue weighted by atomic mass is 19.4. The van der Waals surface area contributed by atoms with Crippen LogP contribution in [0.2, 0.25) is 0 Å². The third-order valence-corrected chi connectivity index (χ3v) is 3.34. The highest BCUT2D eigenvalue weighted by Gasteiger charge is 2.30. The van der Waals surface area contributed by atoms with Gasteiger partial charge in [0, 0.05) is 32.9 Å². The molecule has 0 saturated carbocycles. The van der Waals surface area contributed by atoms with Crippen molar-refractivity contribution in [1.29, 1.82) is 0 Å². The van der Waals surface area contributed by atoms with E-state index in [9.17, 15) is 22.8 Å². The second kappa shape index (κ2) is 9.09. The molecule has 7 nitrogen and oxygen atoms in total. The zero-order chi connectivity index (χ0) is 19.0. The van der Waals surface area contributed by atoms with Crippen molar-refractivity contribution in [1.82, 2.24) is 15.2 Å². The zero-order valence-corrected chi connectivity index (χ0v) is 13.9. The van der Waals surface area contributed by atoms with E-state index >= 15 is 0 Å². The van der Waals surface area contributed by atoms with Crippen molar-refractivity contribution < 1.29 is 27.9 Å². The van der Waals surface area contributed by atoms with Crippen LogP contribution in [-0.2, 0) is 11.0 Å². The number of aliphatic carboxylic acids is 1. The van der Waals surface area contributed by atoms with Crippen LogP contribution in [0.15, 0.2) is 18.3 Å². The lowest BCUT2D eigenvalue weighted by molar-refractivity contribution is -0.141. The molecule has 1 rings (SSSR count). The SMILES string of the molecule is CC(CN(C)C(=O)NCCCNc1ccc(C(F)(F)F)cn1)C(=O)O. The third kappa shape index (κ3) is 7.27. The second-order valence-corrected chi connectivity index (χ2v) is 5.56. The topological polar surface area (TPSA) is 94.6 Å². The zero-order valence-electron chi connectivity index (χ0n) is 13.9. The number of rotatable bonds is 8. The standard InChI is InChI=1S/C15H21F3N4O3/c1-10(13(23)24)9-22(2)14(25)20-7-3-6-19-12-5-4-11(8-21-12)15(16,17)18/h4-5,8,10H,3,6-7,9H2,1-2H3,(H,19,21)(H,20,25)(H,23,24). The van der Waals surface area contributed by atoms with Crippen LogP contribution >= 0.6 is 0 Å². The Bertz CT molecular complexity index is 578. The minimum absolute atomic E-state index is 0.0922. The van der Waals surface area contributed by atoms with Gasteiger partial charge in [0.2, 0.25) is 0 Å². The van der Waals surface area contributed by atoms with Crippen LogP contribution in [0.1, 0.15) is 18.9 Å². The Balaban J connectivity index is 2.25. The second-order valence-electron chi connectivity index (χ2n) is 5.56. The summed E-state index contributed by atoms with van der Waals surface area (Å²) in [5.41, 5.74) is -0.816. The van der Waals surface area contributed by atoms with Crippen LogP contribution in [0.3, 0.4) is 0 Å². The first kappa shape index (κ1) is 20.5. The lowest BCUT2D eigenvalue weighted by Gasteiger charge is -2.20. The maximum absolute atomic E-state index is 12.4. The fourth-order valence-corrected chi connectivity index (χ4v) is 1.87. The van der Waals surface area contributed by atoms with E-state index in [1.165, 1.54) is 24.9 Å². The van der Waals surface area contributed by atoms with Crippen LogP contribution in [0.25, 0.3) is 0 Å². The average molecular weight is 362 g/mol. The van der Waals surface area contributed by atoms with Gasteiger partial charge in [-0.15, -0.1) is 0 Å². The number of halogens is 3. The molecule has 2 amide bonds. The molecular weight excluding hydrogens is 341 g/mol. The molecule has 1 heterocycles. The number of urea groups is 1. The van der Waals surface area contributed by atoms with Gasteiger partial charge in [-0.2, -0.15) is 13.2 Å². The number of alkyl halides is 3. The Kier molecular flexibility index (Phi) is 7.46. The molecule has 1 aromatic heterocycles. The first-order chi connectivity index (χ1) is 11.6. The van der Waals surface area contributed by atoms with Crippen molar-refractivity contribution in [3.8, 4) is 0 Å². The molecule has 0 radical (unpaired) electrons. The van der Waals surface area contributed by atoms with Gasteiger partial charge in [0.25, 0.3) is 0 Å². The molecule has 25 heavy (non-hydrogen) atoms. The summed E-state index contributed by atoms with van der Waals surface area (Å²) in [5.74, 6) is -1.33. The number of aromatic nitrogens is 1. The largest absolute Gasteiger partial charge is 0.481 e. The molecule has 0 aromatic carbocycles. The molecule has 0 bridgehead atoms. The summed E-state index contributed by atoms with van der Waals surface area (Å²) in [6.45, 7) is 2.34. The summed E-state index contributed by atoms with van der Waals surface area (Å²) in [6, 6.07) is 1.79. The fourth-order valence-electron chi connectivity index (χ4n) is 1.87. The van der Waals surface area contributed by atoms with Gasteiger partial charge in [0.1, 0.15) is 5.82 Å². The van der Waals surface area contributed by atoms with Gasteiger partial charge >= 0.3 is 18.2 Å². The van der Waals surface area contributed by atoms with Gasteiger partial charge in [-0.3, -0.25) is 4.79 Å². The molecule has 3 N–H and O–H groups in total. The van der Waals surface area contributed by atoms with E-state index in [1.807, 2.05) is 0 Å². The van der Waals surface area contributed by atoms with Crippen molar-refractivity contribution in [2.75, 3.05) is 32.0 Å². The molecule has 0 aliphatic carbocycles. The van der Waals surface area contributed by atoms with Crippen LogP contribution in [0.5, 0.6) is 0 Å². The van der Waals surface area contributed by atoms with Gasteiger partial charge in [0.15, 0.2) is 0 Å². The Morgan fingerprint density at radius 1 is 1.32 bits per heavy atom. The molecule has 0 saturated heterocycles. The summed E-state index contributed by atoms with van der Waals surface area (Å²) < 4.78 is 37.2. The fraction of sp³-hybridized carbons (Fsp3) is 0.533. The number of carboxylic acid groups (broad SMARTS) is 1. The van der Waals surface area contributed by atoms with E-state index in [0.29, 0.717) is 25.3 Å². The van der Waals surface area contributed by atoms with E-state index in [1.54, 1.807) is 0 Å². The van der Waals surface area contributed by atoms with Gasteiger partial charge in [-0.25, -0.2) is 9.78 Å². The van der Waals surface area contributed by atoms with Crippen LogP contribution < -0.4 is 10.6 Å². The van der Waals surface area contributed by atoms with E-state index in [2.05, 4.69) is 15.6 Å². The number of hydrogen-bond acceptors (Lipinski definition) is 4. The number of amides is 2. The van der Waals surface area contributed by atoms with E-state index in [-0.39, 0.29) is 12.6 Å². The van der Waals surface area contributed by atoms with E-state index < -0.39 is 23.6 Å². The molecule has 1 unspecified atom stereocenters. The summed E-state index contributed by atoms with van der Waals surface area (Å²) >= 11 is 0. The number of carbonyl (C=O) groups is 2. The first-order valence-corrected chi connectivity index (χ1v) is 7.60. The lowest BCUT2D eigenvalue weighted by Crippen LogP contribution is -2.41. The average Bonchev–Trinajstić information content (AvgIpc) is 2.53. The molecule has 1 atom stereocenters. The maximum atomic E-state index is 12.4. The van der Waals surface area contributed by atoms with Crippen LogP contribution in [0, 0.1) is 5.92 Å². The summed E-state index contributed by atoms with van der Waals surface area (Å²) in [7, 11) is 1.50. The number of nitrogens with one attached hydrogen (secondary N) is 2. The highest BCUT2D eigenvalue weighted by Crippen LogP contribution is 2.28. The molecule has 0 aliphatic heterocycles. The predicted molar refractivity (Wildman–Crippen MR) is 85.2 cm³/mol. The summed E-state index contributed by atoms with van der Waals surface area (Å²) in [5, 5.41) is 14.3. The lowest BCUT2D eigenvalue weighted by atomic mass is 10.2. The normalized spacial score (nSPS) is 12.4. The van der Waals surface area contributed by atoms with Crippen molar-refractivity contribution in [2.45, 2.75) is 19.5 Å². The molecule has 1 aromatic rings. The predicted octanol–water partition coefficient (Wildman–Crippen LogP) is 2.26. The molecule has 0 fully saturated rings. The van der Waals surface area contributed by atoms with Crippen LogP contribution in [-0.4, -0.2) is 53.7 Å². The minimum Gasteiger partial charge on any atom is -0.481 e. The quantitative estimate of drug-likeness (QED) is 0.617. The number of hydrogen-bond donors (Lipinski definition) is 3. The monoisotopic (exact) mass is 362 g/mol. The molecule has 10 heteroatoms. The number of pyridine rings is 1. The van der Waals surface area contributed by atoms with E-state index in [4.69, 9.17) is 5.11 Å². The Labute approximate surface area is 143 Å². The Morgan fingerprint density at radius 2 is 2.00 bits per heavy atom. The first-order valence-electron chi connectivity index (χ1n) is 7.60. The van der Waals surface area contributed by atoms with Gasteiger partial charge in [-0.1, -0.05) is 6.92 Å². The van der Waals surface area contributed by atoms with Crippen molar-refractivity contribution in [2.24, 2.45) is 5.92 Å². The highest BCUT2D eigenvalue weighted by molar-refractivity contribution is 5.75. The van der Waals surface area contributed by atoms with Crippen LogP contribution in [0.4, 0.5) is 23.8 Å². The maximum Gasteiger partial charge on any atom is 0.417 e. The molecule has 0 spiro atoms. The number of carbonyl (C=O) groups excluding carboxylic acids is 1. The Morgan fingerprint density at radius 3 is 2.52 bits per heavy atom. The van der Waals surface area contributed by atoms with Crippen molar-refractivity contribution in [3.63, 3.8) is 0 Å². The summed E-state index contributed by atoms with van der Waals surface area (Å²) in [4.78, 5) is 27.4. The number of nitrogens with zero attached hydrogens (tertiary/aromatic N) is 2. The van der Waals surface area contributed by atoms with Crippen molar-refractivity contribution >= 4 is 17.8 Å². The van der Waals surface area contributed by atoms with Crippen molar-refractivity contribution in [3.05, 3.63) is 23.9 Å². The van der Waals surface area contributed by atoms with E-state index in [0.717, 1.165) is 12.3 Å². The molecular formula is C15H21F3N4O3. The van der Waals surface area contributed by atoms with Gasteiger partial charge < -0.3 is 20.6 Å². The van der Waals surface area contributed by atoms with Gasteiger partial charge in [0.05, 0.1) is 11.5 Å². The van der Waals surface area contributed by atoms with Gasteiger partial charge in [-0.05, 0) is 18.6 Å².